The first-order chi connectivity index (χ1) is 20.6. The van der Waals surface area contributed by atoms with Crippen molar-refractivity contribution in [1.82, 2.24) is 19.9 Å². The third kappa shape index (κ3) is 9.18. The molecule has 0 saturated heterocycles. The van der Waals surface area contributed by atoms with Gasteiger partial charge in [0.1, 0.15) is 0 Å². The number of hydrogen-bond acceptors (Lipinski definition) is 10. The van der Waals surface area contributed by atoms with Crippen LogP contribution < -0.4 is 9.47 Å². The average Bonchev–Trinajstić information content (AvgIpc) is 2.97. The lowest BCUT2D eigenvalue weighted by molar-refractivity contribution is -0.170. The van der Waals surface area contributed by atoms with Crippen LogP contribution in [-0.2, 0) is 34.0 Å². The number of rotatable bonds is 13. The second kappa shape index (κ2) is 15.2. The van der Waals surface area contributed by atoms with E-state index >= 15 is 0 Å². The van der Waals surface area contributed by atoms with Gasteiger partial charge in [-0.25, -0.2) is 4.79 Å². The van der Waals surface area contributed by atoms with Gasteiger partial charge in [-0.3, -0.25) is 29.4 Å². The molecule has 0 amide bonds. The standard InChI is InChI=1S/C24H24N4O2.C6H8O7/c1-29-22-11-6-8-19(24(22)30-2)16-28(17-20-9-3-4-12-25-20)15-18-7-5-10-21-23(18)27-14-13-26-21;7-3(8)1-6(13,5(11)12)2-4(9)10/h3-14H,15-17H2,1-2H3;13H,1-2H2,(H,7,8)(H,9,10)(H,11,12). The number of ether oxygens (including phenoxy) is 2. The SMILES string of the molecule is COc1cccc(CN(Cc2ccccn2)Cc2cccc3nccnc23)c1OC.O=C(O)CC(O)(CC(=O)O)C(=O)O. The van der Waals surface area contributed by atoms with Crippen molar-refractivity contribution >= 4 is 28.9 Å². The summed E-state index contributed by atoms with van der Waals surface area (Å²) in [4.78, 5) is 46.3. The number of aromatic nitrogens is 3. The highest BCUT2D eigenvalue weighted by Gasteiger charge is 2.40. The normalized spacial score (nSPS) is 11.0. The molecule has 0 unspecified atom stereocenters. The lowest BCUT2D eigenvalue weighted by Crippen LogP contribution is -2.42. The van der Waals surface area contributed by atoms with Crippen molar-refractivity contribution in [1.29, 1.82) is 0 Å². The maximum Gasteiger partial charge on any atom is 0.336 e. The minimum Gasteiger partial charge on any atom is -0.493 e. The molecular formula is C30H32N4O9. The summed E-state index contributed by atoms with van der Waals surface area (Å²) in [5, 5.41) is 33.8. The van der Waals surface area contributed by atoms with Crippen LogP contribution >= 0.6 is 0 Å². The van der Waals surface area contributed by atoms with Gasteiger partial charge in [-0.1, -0.05) is 30.3 Å². The first kappa shape index (κ1) is 32.4. The van der Waals surface area contributed by atoms with Crippen LogP contribution in [0.3, 0.4) is 0 Å². The van der Waals surface area contributed by atoms with Crippen LogP contribution in [0.25, 0.3) is 11.0 Å². The Bertz CT molecular complexity index is 1530. The molecular weight excluding hydrogens is 560 g/mol. The molecule has 0 spiro atoms. The lowest BCUT2D eigenvalue weighted by atomic mass is 9.96. The lowest BCUT2D eigenvalue weighted by Gasteiger charge is -2.24. The van der Waals surface area contributed by atoms with E-state index in [9.17, 15) is 14.4 Å². The molecule has 4 aromatic rings. The highest BCUT2D eigenvalue weighted by atomic mass is 16.5. The van der Waals surface area contributed by atoms with Crippen LogP contribution in [0.15, 0.2) is 73.2 Å². The van der Waals surface area contributed by atoms with Crippen molar-refractivity contribution < 1.29 is 44.3 Å². The third-order valence-electron chi connectivity index (χ3n) is 6.25. The smallest absolute Gasteiger partial charge is 0.336 e. The van der Waals surface area contributed by atoms with Gasteiger partial charge in [-0.05, 0) is 29.8 Å². The molecule has 2 aromatic carbocycles. The molecule has 0 atom stereocenters. The summed E-state index contributed by atoms with van der Waals surface area (Å²) >= 11 is 0. The summed E-state index contributed by atoms with van der Waals surface area (Å²) < 4.78 is 11.1. The molecule has 0 aliphatic heterocycles. The van der Waals surface area contributed by atoms with E-state index in [1.807, 2.05) is 48.7 Å². The number of carboxylic acid groups (broad SMARTS) is 3. The fourth-order valence-electron chi connectivity index (χ4n) is 4.34. The topological polar surface area (TPSA) is 192 Å². The van der Waals surface area contributed by atoms with Crippen molar-refractivity contribution in [2.24, 2.45) is 0 Å². The second-order valence-corrected chi connectivity index (χ2v) is 9.44. The Labute approximate surface area is 247 Å². The van der Waals surface area contributed by atoms with Gasteiger partial charge in [-0.2, -0.15) is 0 Å². The fourth-order valence-corrected chi connectivity index (χ4v) is 4.34. The van der Waals surface area contributed by atoms with Gasteiger partial charge in [0.2, 0.25) is 0 Å². The van der Waals surface area contributed by atoms with E-state index in [0.717, 1.165) is 39.4 Å². The summed E-state index contributed by atoms with van der Waals surface area (Å²) in [6, 6.07) is 18.1. The molecule has 0 aliphatic carbocycles. The molecule has 4 N–H and O–H groups in total. The van der Waals surface area contributed by atoms with Crippen LogP contribution in [0.1, 0.15) is 29.7 Å². The van der Waals surface area contributed by atoms with E-state index in [-0.39, 0.29) is 0 Å². The Morgan fingerprint density at radius 1 is 0.744 bits per heavy atom. The van der Waals surface area contributed by atoms with Gasteiger partial charge in [0.05, 0.1) is 43.8 Å². The zero-order chi connectivity index (χ0) is 31.4. The molecule has 0 saturated carbocycles. The van der Waals surface area contributed by atoms with Crippen LogP contribution in [0, 0.1) is 0 Å². The second-order valence-electron chi connectivity index (χ2n) is 9.44. The quantitative estimate of drug-likeness (QED) is 0.177. The van der Waals surface area contributed by atoms with Gasteiger partial charge in [-0.15, -0.1) is 0 Å². The number of para-hydroxylation sites is 2. The van der Waals surface area contributed by atoms with Gasteiger partial charge in [0, 0.05) is 43.8 Å². The molecule has 4 rings (SSSR count). The largest absolute Gasteiger partial charge is 0.493 e. The summed E-state index contributed by atoms with van der Waals surface area (Å²) in [5.41, 5.74) is 2.26. The molecule has 0 aliphatic rings. The summed E-state index contributed by atoms with van der Waals surface area (Å²) in [7, 11) is 3.33. The molecule has 0 bridgehead atoms. The number of fused-ring (bicyclic) bond motifs is 1. The van der Waals surface area contributed by atoms with Crippen LogP contribution in [0.5, 0.6) is 11.5 Å². The number of carbonyl (C=O) groups is 3. The molecule has 0 radical (unpaired) electrons. The Morgan fingerprint density at radius 2 is 1.40 bits per heavy atom. The van der Waals surface area contributed by atoms with Crippen molar-refractivity contribution in [2.75, 3.05) is 14.2 Å². The Morgan fingerprint density at radius 3 is 2.00 bits per heavy atom. The number of pyridine rings is 1. The third-order valence-corrected chi connectivity index (χ3v) is 6.25. The molecule has 13 heteroatoms. The minimum absolute atomic E-state index is 0.674. The predicted octanol–water partition coefficient (Wildman–Crippen LogP) is 3.00. The molecule has 2 heterocycles. The molecule has 13 nitrogen and oxygen atoms in total. The maximum atomic E-state index is 10.3. The van der Waals surface area contributed by atoms with E-state index in [2.05, 4.69) is 32.0 Å². The van der Waals surface area contributed by atoms with Crippen molar-refractivity contribution in [3.63, 3.8) is 0 Å². The Kier molecular flexibility index (Phi) is 11.4. The van der Waals surface area contributed by atoms with Crippen LogP contribution in [0.4, 0.5) is 0 Å². The van der Waals surface area contributed by atoms with Gasteiger partial charge in [0.25, 0.3) is 0 Å². The van der Waals surface area contributed by atoms with E-state index in [1.54, 1.807) is 26.6 Å². The number of aliphatic carboxylic acids is 3. The van der Waals surface area contributed by atoms with Gasteiger partial charge >= 0.3 is 17.9 Å². The predicted molar refractivity (Wildman–Crippen MR) is 153 cm³/mol. The number of nitrogens with zero attached hydrogens (tertiary/aromatic N) is 4. The Balaban J connectivity index is 0.000000331. The van der Waals surface area contributed by atoms with Crippen LogP contribution in [-0.4, -0.2) is 78.0 Å². The first-order valence-corrected chi connectivity index (χ1v) is 13.0. The fraction of sp³-hybridized carbons (Fsp3) is 0.267. The van der Waals surface area contributed by atoms with E-state index in [4.69, 9.17) is 29.9 Å². The van der Waals surface area contributed by atoms with E-state index in [0.29, 0.717) is 19.6 Å². The monoisotopic (exact) mass is 592 g/mol. The van der Waals surface area contributed by atoms with Crippen molar-refractivity contribution in [3.05, 3.63) is 90.0 Å². The first-order valence-electron chi connectivity index (χ1n) is 13.0. The van der Waals surface area contributed by atoms with Crippen LogP contribution in [0.2, 0.25) is 0 Å². The Hall–Kier alpha value is -5.14. The maximum absolute atomic E-state index is 10.3. The minimum atomic E-state index is -2.74. The average molecular weight is 593 g/mol. The number of carboxylic acids is 3. The molecule has 226 valence electrons. The number of hydrogen-bond donors (Lipinski definition) is 4. The number of aliphatic hydroxyl groups is 1. The molecule has 2 aromatic heterocycles. The van der Waals surface area contributed by atoms with Crippen molar-refractivity contribution in [3.8, 4) is 11.5 Å². The number of benzene rings is 2. The van der Waals surface area contributed by atoms with Crippen molar-refractivity contribution in [2.45, 2.75) is 38.1 Å². The summed E-state index contributed by atoms with van der Waals surface area (Å²) in [6.45, 7) is 2.07. The number of methoxy groups -OCH3 is 2. The van der Waals surface area contributed by atoms with Gasteiger partial charge in [0.15, 0.2) is 17.1 Å². The van der Waals surface area contributed by atoms with Gasteiger partial charge < -0.3 is 29.9 Å². The summed E-state index contributed by atoms with van der Waals surface area (Å²) in [5.74, 6) is -3.54. The highest BCUT2D eigenvalue weighted by Crippen LogP contribution is 2.32. The summed E-state index contributed by atoms with van der Waals surface area (Å²) in [6.07, 6.45) is 2.99. The molecule has 43 heavy (non-hydrogen) atoms. The van der Waals surface area contributed by atoms with E-state index < -0.39 is 36.4 Å². The van der Waals surface area contributed by atoms with E-state index in [1.165, 1.54) is 0 Å². The zero-order valence-electron chi connectivity index (χ0n) is 23.6. The highest BCUT2D eigenvalue weighted by molar-refractivity contribution is 5.88. The zero-order valence-corrected chi connectivity index (χ0v) is 23.6. The molecule has 0 fully saturated rings.